The number of alkyl halides is 3. The summed E-state index contributed by atoms with van der Waals surface area (Å²) in [4.78, 5) is 13.5. The van der Waals surface area contributed by atoms with E-state index in [-0.39, 0.29) is 12.5 Å². The van der Waals surface area contributed by atoms with Gasteiger partial charge in [0.2, 0.25) is 5.91 Å². The van der Waals surface area contributed by atoms with E-state index < -0.39 is 12.8 Å². The van der Waals surface area contributed by atoms with Gasteiger partial charge < -0.3 is 9.64 Å². The second kappa shape index (κ2) is 6.30. The van der Waals surface area contributed by atoms with E-state index in [2.05, 4.69) is 27.3 Å². The summed E-state index contributed by atoms with van der Waals surface area (Å²) in [7, 11) is 0. The predicted molar refractivity (Wildman–Crippen MR) is 76.7 cm³/mol. The van der Waals surface area contributed by atoms with Gasteiger partial charge in [0.1, 0.15) is 6.61 Å². The number of rotatable bonds is 5. The zero-order valence-corrected chi connectivity index (χ0v) is 12.7. The van der Waals surface area contributed by atoms with Crippen LogP contribution in [-0.2, 0) is 16.0 Å². The number of amides is 1. The molecule has 20 heavy (non-hydrogen) atoms. The highest BCUT2D eigenvalue weighted by Crippen LogP contribution is 2.30. The molecule has 0 bridgehead atoms. The summed E-state index contributed by atoms with van der Waals surface area (Å²) in [6.45, 7) is -0.872. The SMILES string of the molecule is O=C1Cc2cc(I)ccc2N1CCCOCC(F)(F)F. The molecule has 0 N–H and O–H groups in total. The van der Waals surface area contributed by atoms with Crippen LogP contribution in [0.4, 0.5) is 18.9 Å². The van der Waals surface area contributed by atoms with Gasteiger partial charge in [0.15, 0.2) is 0 Å². The van der Waals surface area contributed by atoms with Crippen molar-refractivity contribution < 1.29 is 22.7 Å². The molecule has 1 heterocycles. The van der Waals surface area contributed by atoms with Crippen molar-refractivity contribution in [2.75, 3.05) is 24.7 Å². The molecule has 3 nitrogen and oxygen atoms in total. The smallest absolute Gasteiger partial charge is 0.372 e. The van der Waals surface area contributed by atoms with Crippen LogP contribution in [0, 0.1) is 3.57 Å². The van der Waals surface area contributed by atoms with Gasteiger partial charge in [-0.05, 0) is 52.8 Å². The largest absolute Gasteiger partial charge is 0.411 e. The molecule has 0 aromatic heterocycles. The lowest BCUT2D eigenvalue weighted by molar-refractivity contribution is -0.173. The molecule has 0 saturated carbocycles. The Morgan fingerprint density at radius 2 is 2.10 bits per heavy atom. The summed E-state index contributed by atoms with van der Waals surface area (Å²) in [6, 6.07) is 5.73. The molecule has 0 atom stereocenters. The predicted octanol–water partition coefficient (Wildman–Crippen LogP) is 3.15. The minimum Gasteiger partial charge on any atom is -0.372 e. The lowest BCUT2D eigenvalue weighted by Gasteiger charge is -2.17. The molecule has 0 radical (unpaired) electrons. The van der Waals surface area contributed by atoms with Crippen LogP contribution in [0.25, 0.3) is 0 Å². The van der Waals surface area contributed by atoms with E-state index in [4.69, 9.17) is 0 Å². The van der Waals surface area contributed by atoms with Gasteiger partial charge in [0, 0.05) is 22.4 Å². The van der Waals surface area contributed by atoms with Crippen LogP contribution in [0.2, 0.25) is 0 Å². The van der Waals surface area contributed by atoms with Crippen molar-refractivity contribution in [2.24, 2.45) is 0 Å². The number of fused-ring (bicyclic) bond motifs is 1. The summed E-state index contributed by atoms with van der Waals surface area (Å²) >= 11 is 2.18. The van der Waals surface area contributed by atoms with E-state index in [0.717, 1.165) is 14.8 Å². The maximum absolute atomic E-state index is 11.9. The third kappa shape index (κ3) is 4.08. The highest BCUT2D eigenvalue weighted by molar-refractivity contribution is 14.1. The molecule has 1 amide bonds. The topological polar surface area (TPSA) is 29.5 Å². The maximum Gasteiger partial charge on any atom is 0.411 e. The van der Waals surface area contributed by atoms with Crippen molar-refractivity contribution in [3.05, 3.63) is 27.3 Å². The molecule has 2 rings (SSSR count). The fourth-order valence-electron chi connectivity index (χ4n) is 2.11. The van der Waals surface area contributed by atoms with Crippen molar-refractivity contribution in [1.82, 2.24) is 0 Å². The van der Waals surface area contributed by atoms with Crippen LogP contribution in [0.5, 0.6) is 0 Å². The van der Waals surface area contributed by atoms with Crippen LogP contribution in [0.15, 0.2) is 18.2 Å². The molecule has 0 fully saturated rings. The first kappa shape index (κ1) is 15.6. The van der Waals surface area contributed by atoms with Gasteiger partial charge in [-0.15, -0.1) is 0 Å². The van der Waals surface area contributed by atoms with Crippen molar-refractivity contribution in [1.29, 1.82) is 0 Å². The van der Waals surface area contributed by atoms with Crippen molar-refractivity contribution >= 4 is 34.2 Å². The number of benzene rings is 1. The lowest BCUT2D eigenvalue weighted by atomic mass is 10.2. The Morgan fingerprint density at radius 1 is 1.35 bits per heavy atom. The van der Waals surface area contributed by atoms with E-state index in [1.54, 1.807) is 4.90 Å². The molecule has 0 aliphatic carbocycles. The Labute approximate surface area is 128 Å². The van der Waals surface area contributed by atoms with Gasteiger partial charge in [-0.3, -0.25) is 4.79 Å². The van der Waals surface area contributed by atoms with Gasteiger partial charge in [0.05, 0.1) is 6.42 Å². The van der Waals surface area contributed by atoms with Gasteiger partial charge in [-0.1, -0.05) is 0 Å². The van der Waals surface area contributed by atoms with Crippen molar-refractivity contribution in [3.8, 4) is 0 Å². The Balaban J connectivity index is 1.84. The van der Waals surface area contributed by atoms with E-state index in [1.807, 2.05) is 18.2 Å². The number of ether oxygens (including phenoxy) is 1. The van der Waals surface area contributed by atoms with Crippen LogP contribution < -0.4 is 4.90 Å². The van der Waals surface area contributed by atoms with E-state index >= 15 is 0 Å². The number of anilines is 1. The zero-order chi connectivity index (χ0) is 14.8. The van der Waals surface area contributed by atoms with E-state index in [1.165, 1.54) is 0 Å². The summed E-state index contributed by atoms with van der Waals surface area (Å²) in [5, 5.41) is 0. The average Bonchev–Trinajstić information content (AvgIpc) is 2.63. The van der Waals surface area contributed by atoms with Crippen molar-refractivity contribution in [2.45, 2.75) is 19.0 Å². The third-order valence-corrected chi connectivity index (χ3v) is 3.58. The van der Waals surface area contributed by atoms with E-state index in [9.17, 15) is 18.0 Å². The Kier molecular flexibility index (Phi) is 4.90. The monoisotopic (exact) mass is 399 g/mol. The van der Waals surface area contributed by atoms with E-state index in [0.29, 0.717) is 19.4 Å². The van der Waals surface area contributed by atoms with Crippen LogP contribution in [-0.4, -0.2) is 31.8 Å². The second-order valence-electron chi connectivity index (χ2n) is 4.52. The normalized spacial score (nSPS) is 14.8. The molecule has 110 valence electrons. The Bertz CT molecular complexity index is 505. The van der Waals surface area contributed by atoms with Crippen LogP contribution in [0.3, 0.4) is 0 Å². The number of carbonyl (C=O) groups is 1. The first-order valence-electron chi connectivity index (χ1n) is 6.10. The first-order valence-corrected chi connectivity index (χ1v) is 7.18. The number of halogens is 4. The van der Waals surface area contributed by atoms with Gasteiger partial charge in [-0.2, -0.15) is 13.2 Å². The van der Waals surface area contributed by atoms with Crippen molar-refractivity contribution in [3.63, 3.8) is 0 Å². The summed E-state index contributed by atoms with van der Waals surface area (Å²) < 4.78 is 41.3. The van der Waals surface area contributed by atoms with Crippen LogP contribution >= 0.6 is 22.6 Å². The molecular formula is C13H13F3INO2. The van der Waals surface area contributed by atoms with Crippen LogP contribution in [0.1, 0.15) is 12.0 Å². The number of carbonyl (C=O) groups excluding carboxylic acids is 1. The maximum atomic E-state index is 11.9. The lowest BCUT2D eigenvalue weighted by Crippen LogP contribution is -2.29. The quantitative estimate of drug-likeness (QED) is 0.563. The number of nitrogens with zero attached hydrogens (tertiary/aromatic N) is 1. The summed E-state index contributed by atoms with van der Waals surface area (Å²) in [6.07, 6.45) is -3.56. The minimum absolute atomic E-state index is 0.0109. The molecule has 0 saturated heterocycles. The molecule has 1 aromatic carbocycles. The van der Waals surface area contributed by atoms with Gasteiger partial charge in [0.25, 0.3) is 0 Å². The number of hydrogen-bond acceptors (Lipinski definition) is 2. The highest BCUT2D eigenvalue weighted by atomic mass is 127. The molecule has 0 spiro atoms. The van der Waals surface area contributed by atoms with Gasteiger partial charge >= 0.3 is 6.18 Å². The molecule has 0 unspecified atom stereocenters. The molecule has 1 aliphatic heterocycles. The highest BCUT2D eigenvalue weighted by Gasteiger charge is 2.28. The molecule has 1 aliphatic rings. The standard InChI is InChI=1S/C13H13F3INO2/c14-13(15,16)8-20-5-1-4-18-11-3-2-10(17)6-9(11)7-12(18)19/h2-3,6H,1,4-5,7-8H2. The fraction of sp³-hybridized carbons (Fsp3) is 0.462. The van der Waals surface area contributed by atoms with Gasteiger partial charge in [-0.25, -0.2) is 0 Å². The zero-order valence-electron chi connectivity index (χ0n) is 10.5. The minimum atomic E-state index is -4.30. The average molecular weight is 399 g/mol. The molecule has 1 aromatic rings. The summed E-state index contributed by atoms with van der Waals surface area (Å²) in [5.41, 5.74) is 1.82. The Hall–Kier alpha value is -0.830. The Morgan fingerprint density at radius 3 is 2.80 bits per heavy atom. The fourth-order valence-corrected chi connectivity index (χ4v) is 2.67. The molecule has 7 heteroatoms. The number of hydrogen-bond donors (Lipinski definition) is 0. The third-order valence-electron chi connectivity index (χ3n) is 2.91. The second-order valence-corrected chi connectivity index (χ2v) is 5.76. The summed E-state index contributed by atoms with van der Waals surface area (Å²) in [5.74, 6) is -0.0159. The molecular weight excluding hydrogens is 386 g/mol. The first-order chi connectivity index (χ1) is 9.37.